The fraction of sp³-hybridized carbons (Fsp3) is 0.125. The highest BCUT2D eigenvalue weighted by Crippen LogP contribution is 2.31. The predicted molar refractivity (Wildman–Crippen MR) is 45.8 cm³/mol. The van der Waals surface area contributed by atoms with Crippen molar-refractivity contribution >= 4 is 18.9 Å². The molecule has 0 N–H and O–H groups in total. The van der Waals surface area contributed by atoms with Gasteiger partial charge >= 0.3 is 6.36 Å². The van der Waals surface area contributed by atoms with E-state index in [2.05, 4.69) is 17.4 Å². The maximum Gasteiger partial charge on any atom is 0.573 e. The van der Waals surface area contributed by atoms with Gasteiger partial charge in [-0.25, -0.2) is 0 Å². The van der Waals surface area contributed by atoms with Crippen molar-refractivity contribution in [1.29, 1.82) is 0 Å². The van der Waals surface area contributed by atoms with E-state index in [4.69, 9.17) is 0 Å². The van der Waals surface area contributed by atoms with Gasteiger partial charge in [-0.15, -0.1) is 25.8 Å². The third-order valence-electron chi connectivity index (χ3n) is 1.37. The number of alkyl halides is 3. The molecule has 0 amide bonds. The quantitative estimate of drug-likeness (QED) is 0.615. The van der Waals surface area contributed by atoms with E-state index in [0.717, 1.165) is 0 Å². The summed E-state index contributed by atoms with van der Waals surface area (Å²) >= 11 is 3.75. The molecule has 0 saturated carbocycles. The molecule has 0 saturated heterocycles. The van der Waals surface area contributed by atoms with Crippen molar-refractivity contribution in [3.8, 4) is 5.75 Å². The molecule has 1 aromatic carbocycles. The summed E-state index contributed by atoms with van der Waals surface area (Å²) in [6.45, 7) is 0. The number of halogens is 3. The SMILES string of the molecule is O=Cc1cccc(S)c1OC(F)(F)F. The molecule has 0 aliphatic carbocycles. The van der Waals surface area contributed by atoms with Crippen LogP contribution in [0.25, 0.3) is 0 Å². The minimum atomic E-state index is -4.82. The average molecular weight is 222 g/mol. The van der Waals surface area contributed by atoms with Crippen LogP contribution in [0.5, 0.6) is 5.75 Å². The Bertz CT molecular complexity index is 349. The van der Waals surface area contributed by atoms with Gasteiger partial charge in [-0.2, -0.15) is 0 Å². The van der Waals surface area contributed by atoms with Gasteiger partial charge in [-0.3, -0.25) is 4.79 Å². The summed E-state index contributed by atoms with van der Waals surface area (Å²) in [6, 6.07) is 3.93. The second-order valence-electron chi connectivity index (χ2n) is 2.36. The number of carbonyl (C=O) groups excluding carboxylic acids is 1. The van der Waals surface area contributed by atoms with Crippen LogP contribution < -0.4 is 4.74 Å². The monoisotopic (exact) mass is 222 g/mol. The first-order valence-corrected chi connectivity index (χ1v) is 3.91. The zero-order chi connectivity index (χ0) is 10.8. The molecule has 0 radical (unpaired) electrons. The topological polar surface area (TPSA) is 26.3 Å². The minimum Gasteiger partial charge on any atom is -0.404 e. The second kappa shape index (κ2) is 3.91. The Morgan fingerprint density at radius 3 is 2.50 bits per heavy atom. The smallest absolute Gasteiger partial charge is 0.404 e. The number of hydrogen-bond acceptors (Lipinski definition) is 3. The molecule has 0 spiro atoms. The van der Waals surface area contributed by atoms with Crippen molar-refractivity contribution in [2.45, 2.75) is 11.3 Å². The number of thiol groups is 1. The molecule has 0 aliphatic rings. The van der Waals surface area contributed by atoms with Crippen LogP contribution in [0.2, 0.25) is 0 Å². The van der Waals surface area contributed by atoms with E-state index in [1.54, 1.807) is 0 Å². The molecular weight excluding hydrogens is 217 g/mol. The zero-order valence-electron chi connectivity index (χ0n) is 6.71. The minimum absolute atomic E-state index is 0.0353. The Labute approximate surface area is 83.1 Å². The van der Waals surface area contributed by atoms with Crippen LogP contribution in [0, 0.1) is 0 Å². The predicted octanol–water partition coefficient (Wildman–Crippen LogP) is 2.69. The third-order valence-corrected chi connectivity index (χ3v) is 1.72. The van der Waals surface area contributed by atoms with Gasteiger partial charge in [0.1, 0.15) is 0 Å². The van der Waals surface area contributed by atoms with Crippen LogP contribution in [0.4, 0.5) is 13.2 Å². The molecule has 1 rings (SSSR count). The van der Waals surface area contributed by atoms with Crippen molar-refractivity contribution in [1.82, 2.24) is 0 Å². The Balaban J connectivity index is 3.11. The van der Waals surface area contributed by atoms with Crippen LogP contribution >= 0.6 is 12.6 Å². The van der Waals surface area contributed by atoms with E-state index in [1.807, 2.05) is 0 Å². The number of carbonyl (C=O) groups is 1. The van der Waals surface area contributed by atoms with Crippen molar-refractivity contribution in [3.63, 3.8) is 0 Å². The number of rotatable bonds is 2. The molecule has 0 atom stereocenters. The first-order chi connectivity index (χ1) is 6.44. The van der Waals surface area contributed by atoms with Gasteiger partial charge in [-0.05, 0) is 12.1 Å². The summed E-state index contributed by atoms with van der Waals surface area (Å²) in [5.41, 5.74) is -0.185. The molecule has 0 heterocycles. The molecule has 6 heteroatoms. The van der Waals surface area contributed by atoms with Crippen molar-refractivity contribution in [3.05, 3.63) is 23.8 Å². The standard InChI is InChI=1S/C8H5F3O2S/c9-8(10,11)13-7-5(4-12)2-1-3-6(7)14/h1-4,14H. The Morgan fingerprint density at radius 2 is 2.00 bits per heavy atom. The van der Waals surface area contributed by atoms with E-state index in [9.17, 15) is 18.0 Å². The van der Waals surface area contributed by atoms with Crippen LogP contribution in [0.3, 0.4) is 0 Å². The summed E-state index contributed by atoms with van der Waals surface area (Å²) in [4.78, 5) is 10.3. The molecule has 2 nitrogen and oxygen atoms in total. The van der Waals surface area contributed by atoms with Gasteiger partial charge in [0.2, 0.25) is 0 Å². The second-order valence-corrected chi connectivity index (χ2v) is 2.84. The summed E-state index contributed by atoms with van der Waals surface area (Å²) in [5, 5.41) is 0. The molecule has 0 aliphatic heterocycles. The number of ether oxygens (including phenoxy) is 1. The zero-order valence-corrected chi connectivity index (χ0v) is 7.60. The lowest BCUT2D eigenvalue weighted by molar-refractivity contribution is -0.275. The maximum atomic E-state index is 11.9. The number of para-hydroxylation sites is 1. The van der Waals surface area contributed by atoms with Gasteiger partial charge < -0.3 is 4.74 Å². The fourth-order valence-corrected chi connectivity index (χ4v) is 1.12. The average Bonchev–Trinajstić information content (AvgIpc) is 2.06. The van der Waals surface area contributed by atoms with Crippen LogP contribution in [0.1, 0.15) is 10.4 Å². The van der Waals surface area contributed by atoms with Crippen molar-refractivity contribution in [2.24, 2.45) is 0 Å². The highest BCUT2D eigenvalue weighted by atomic mass is 32.1. The van der Waals surface area contributed by atoms with E-state index in [-0.39, 0.29) is 16.7 Å². The molecule has 0 bridgehead atoms. The van der Waals surface area contributed by atoms with E-state index in [0.29, 0.717) is 0 Å². The van der Waals surface area contributed by atoms with Gasteiger partial charge in [0.05, 0.1) is 5.56 Å². The Morgan fingerprint density at radius 1 is 1.36 bits per heavy atom. The van der Waals surface area contributed by atoms with E-state index < -0.39 is 12.1 Å². The molecule has 14 heavy (non-hydrogen) atoms. The first kappa shape index (κ1) is 10.9. The largest absolute Gasteiger partial charge is 0.573 e. The summed E-state index contributed by atoms with van der Waals surface area (Å²) in [7, 11) is 0. The maximum absolute atomic E-state index is 11.9. The lowest BCUT2D eigenvalue weighted by Gasteiger charge is -2.12. The van der Waals surface area contributed by atoms with Gasteiger partial charge in [0.25, 0.3) is 0 Å². The summed E-state index contributed by atoms with van der Waals surface area (Å²) in [6.07, 6.45) is -4.54. The Hall–Kier alpha value is -1.17. The van der Waals surface area contributed by atoms with Crippen LogP contribution in [-0.2, 0) is 0 Å². The highest BCUT2D eigenvalue weighted by molar-refractivity contribution is 7.80. The number of hydrogen-bond donors (Lipinski definition) is 1. The van der Waals surface area contributed by atoms with E-state index >= 15 is 0 Å². The Kier molecular flexibility index (Phi) is 3.05. The first-order valence-electron chi connectivity index (χ1n) is 3.47. The van der Waals surface area contributed by atoms with Crippen LogP contribution in [0.15, 0.2) is 23.1 Å². The summed E-state index contributed by atoms with van der Waals surface area (Å²) in [5.74, 6) is -0.571. The third kappa shape index (κ3) is 2.66. The summed E-state index contributed by atoms with van der Waals surface area (Å²) < 4.78 is 39.2. The van der Waals surface area contributed by atoms with Crippen LogP contribution in [-0.4, -0.2) is 12.6 Å². The van der Waals surface area contributed by atoms with E-state index in [1.165, 1.54) is 18.2 Å². The molecular formula is C8H5F3O2S. The fourth-order valence-electron chi connectivity index (χ4n) is 0.862. The molecule has 1 aromatic rings. The molecule has 76 valence electrons. The van der Waals surface area contributed by atoms with Gasteiger partial charge in [-0.1, -0.05) is 6.07 Å². The number of aldehydes is 1. The molecule has 0 aromatic heterocycles. The molecule has 0 unspecified atom stereocenters. The lowest BCUT2D eigenvalue weighted by Crippen LogP contribution is -2.18. The van der Waals surface area contributed by atoms with Crippen molar-refractivity contribution < 1.29 is 22.7 Å². The number of benzene rings is 1. The highest BCUT2D eigenvalue weighted by Gasteiger charge is 2.32. The normalized spacial score (nSPS) is 11.1. The molecule has 0 fully saturated rings. The van der Waals surface area contributed by atoms with Gasteiger partial charge in [0.15, 0.2) is 12.0 Å². The van der Waals surface area contributed by atoms with Crippen molar-refractivity contribution in [2.75, 3.05) is 0 Å². The lowest BCUT2D eigenvalue weighted by atomic mass is 10.2. The van der Waals surface area contributed by atoms with Gasteiger partial charge in [0, 0.05) is 4.90 Å².